The second-order valence-electron chi connectivity index (χ2n) is 4.43. The normalized spacial score (nSPS) is 13.0. The van der Waals surface area contributed by atoms with E-state index in [0.717, 1.165) is 0 Å². The van der Waals surface area contributed by atoms with Crippen LogP contribution in [0.4, 0.5) is 5.69 Å². The highest BCUT2D eigenvalue weighted by Crippen LogP contribution is 2.12. The van der Waals surface area contributed by atoms with Crippen LogP contribution in [0.25, 0.3) is 0 Å². The van der Waals surface area contributed by atoms with Crippen molar-refractivity contribution in [1.82, 2.24) is 5.32 Å². The molecule has 19 heavy (non-hydrogen) atoms. The average Bonchev–Trinajstić information content (AvgIpc) is 2.27. The summed E-state index contributed by atoms with van der Waals surface area (Å²) < 4.78 is 22.1. The molecule has 1 amide bonds. The van der Waals surface area contributed by atoms with E-state index < -0.39 is 9.84 Å². The van der Waals surface area contributed by atoms with Crippen LogP contribution in [0.3, 0.4) is 0 Å². The van der Waals surface area contributed by atoms with Crippen molar-refractivity contribution in [2.24, 2.45) is 0 Å². The van der Waals surface area contributed by atoms with Gasteiger partial charge in [0, 0.05) is 23.0 Å². The van der Waals surface area contributed by atoms with Gasteiger partial charge in [-0.05, 0) is 31.2 Å². The minimum absolute atomic E-state index is 0.00122. The third-order valence-electron chi connectivity index (χ3n) is 2.29. The Hall–Kier alpha value is -1.11. The van der Waals surface area contributed by atoms with E-state index in [4.69, 9.17) is 11.6 Å². The van der Waals surface area contributed by atoms with Crippen molar-refractivity contribution in [2.45, 2.75) is 13.0 Å². The summed E-state index contributed by atoms with van der Waals surface area (Å²) in [7, 11) is -3.04. The number of anilines is 1. The fourth-order valence-electron chi connectivity index (χ4n) is 1.52. The van der Waals surface area contributed by atoms with E-state index in [9.17, 15) is 13.2 Å². The highest BCUT2D eigenvalue weighted by atomic mass is 35.5. The van der Waals surface area contributed by atoms with Crippen LogP contribution in [0.1, 0.15) is 6.92 Å². The van der Waals surface area contributed by atoms with Crippen LogP contribution < -0.4 is 10.6 Å². The minimum atomic E-state index is -3.04. The lowest BCUT2D eigenvalue weighted by Crippen LogP contribution is -2.38. The SMILES string of the molecule is CC(CS(C)(=O)=O)NCC(=O)Nc1ccc(Cl)cc1. The first-order valence-electron chi connectivity index (χ1n) is 5.73. The molecule has 0 aliphatic carbocycles. The van der Waals surface area contributed by atoms with E-state index in [1.54, 1.807) is 31.2 Å². The van der Waals surface area contributed by atoms with Crippen molar-refractivity contribution in [1.29, 1.82) is 0 Å². The second-order valence-corrected chi connectivity index (χ2v) is 7.05. The van der Waals surface area contributed by atoms with Gasteiger partial charge in [-0.25, -0.2) is 8.42 Å². The number of sulfone groups is 1. The Morgan fingerprint density at radius 2 is 1.89 bits per heavy atom. The molecule has 0 aliphatic heterocycles. The van der Waals surface area contributed by atoms with Crippen molar-refractivity contribution in [3.8, 4) is 0 Å². The number of benzene rings is 1. The Bertz CT molecular complexity index is 528. The monoisotopic (exact) mass is 304 g/mol. The van der Waals surface area contributed by atoms with E-state index in [2.05, 4.69) is 10.6 Å². The zero-order valence-corrected chi connectivity index (χ0v) is 12.4. The first-order valence-corrected chi connectivity index (χ1v) is 8.16. The van der Waals surface area contributed by atoms with Crippen molar-refractivity contribution >= 4 is 33.0 Å². The number of rotatable bonds is 6. The van der Waals surface area contributed by atoms with Crippen molar-refractivity contribution in [2.75, 3.05) is 23.9 Å². The lowest BCUT2D eigenvalue weighted by molar-refractivity contribution is -0.115. The molecule has 0 heterocycles. The van der Waals surface area contributed by atoms with Gasteiger partial charge in [0.1, 0.15) is 9.84 Å². The third kappa shape index (κ3) is 7.15. The van der Waals surface area contributed by atoms with Crippen LogP contribution in [0.5, 0.6) is 0 Å². The fourth-order valence-corrected chi connectivity index (χ4v) is 2.67. The van der Waals surface area contributed by atoms with Crippen molar-refractivity contribution < 1.29 is 13.2 Å². The van der Waals surface area contributed by atoms with Crippen LogP contribution >= 0.6 is 11.6 Å². The number of nitrogens with one attached hydrogen (secondary N) is 2. The zero-order valence-electron chi connectivity index (χ0n) is 10.8. The maximum atomic E-state index is 11.6. The van der Waals surface area contributed by atoms with Gasteiger partial charge in [-0.3, -0.25) is 4.79 Å². The van der Waals surface area contributed by atoms with Gasteiger partial charge in [0.25, 0.3) is 0 Å². The lowest BCUT2D eigenvalue weighted by atomic mass is 10.3. The predicted molar refractivity (Wildman–Crippen MR) is 77.3 cm³/mol. The predicted octanol–water partition coefficient (Wildman–Crippen LogP) is 1.30. The van der Waals surface area contributed by atoms with Gasteiger partial charge in [0.2, 0.25) is 5.91 Å². The second kappa shape index (κ2) is 6.88. The quantitative estimate of drug-likeness (QED) is 0.831. The van der Waals surface area contributed by atoms with E-state index in [1.165, 1.54) is 6.26 Å². The molecule has 5 nitrogen and oxygen atoms in total. The molecule has 1 rings (SSSR count). The van der Waals surface area contributed by atoms with Gasteiger partial charge in [0.15, 0.2) is 0 Å². The summed E-state index contributed by atoms with van der Waals surface area (Å²) in [6.07, 6.45) is 1.17. The lowest BCUT2D eigenvalue weighted by Gasteiger charge is -2.12. The van der Waals surface area contributed by atoms with Crippen molar-refractivity contribution in [3.63, 3.8) is 0 Å². The summed E-state index contributed by atoms with van der Waals surface area (Å²) in [5.41, 5.74) is 0.645. The first-order chi connectivity index (χ1) is 8.76. The van der Waals surface area contributed by atoms with E-state index in [-0.39, 0.29) is 24.2 Å². The fraction of sp³-hybridized carbons (Fsp3) is 0.417. The maximum Gasteiger partial charge on any atom is 0.238 e. The molecule has 0 saturated carbocycles. The molecular weight excluding hydrogens is 288 g/mol. The van der Waals surface area contributed by atoms with Crippen LogP contribution in [-0.4, -0.2) is 38.9 Å². The molecule has 7 heteroatoms. The first kappa shape index (κ1) is 15.9. The Morgan fingerprint density at radius 1 is 1.32 bits per heavy atom. The molecule has 1 unspecified atom stereocenters. The topological polar surface area (TPSA) is 75.3 Å². The van der Waals surface area contributed by atoms with Crippen LogP contribution in [-0.2, 0) is 14.6 Å². The van der Waals surface area contributed by atoms with Gasteiger partial charge in [-0.1, -0.05) is 11.6 Å². The van der Waals surface area contributed by atoms with E-state index in [0.29, 0.717) is 10.7 Å². The van der Waals surface area contributed by atoms with Crippen LogP contribution in [0.15, 0.2) is 24.3 Å². The number of carbonyl (C=O) groups is 1. The molecule has 0 aliphatic rings. The zero-order chi connectivity index (χ0) is 14.5. The Labute approximate surface area is 118 Å². The summed E-state index contributed by atoms with van der Waals surface area (Å²) in [5.74, 6) is -0.232. The highest BCUT2D eigenvalue weighted by molar-refractivity contribution is 7.90. The molecule has 1 atom stereocenters. The summed E-state index contributed by atoms with van der Waals surface area (Å²) in [6, 6.07) is 6.47. The van der Waals surface area contributed by atoms with Gasteiger partial charge in [-0.15, -0.1) is 0 Å². The molecule has 0 saturated heterocycles. The number of carbonyl (C=O) groups excluding carboxylic acids is 1. The summed E-state index contributed by atoms with van der Waals surface area (Å²) >= 11 is 5.73. The Morgan fingerprint density at radius 3 is 2.42 bits per heavy atom. The smallest absolute Gasteiger partial charge is 0.238 e. The Kier molecular flexibility index (Phi) is 5.78. The molecule has 1 aromatic rings. The summed E-state index contributed by atoms with van der Waals surface area (Å²) in [5, 5.41) is 6.13. The summed E-state index contributed by atoms with van der Waals surface area (Å²) in [4.78, 5) is 11.6. The minimum Gasteiger partial charge on any atom is -0.325 e. The molecule has 0 aromatic heterocycles. The highest BCUT2D eigenvalue weighted by Gasteiger charge is 2.11. The number of amides is 1. The third-order valence-corrected chi connectivity index (χ3v) is 3.65. The van der Waals surface area contributed by atoms with E-state index >= 15 is 0 Å². The molecule has 0 radical (unpaired) electrons. The van der Waals surface area contributed by atoms with E-state index in [1.807, 2.05) is 0 Å². The largest absolute Gasteiger partial charge is 0.325 e. The molecular formula is C12H17ClN2O3S. The van der Waals surface area contributed by atoms with Gasteiger partial charge >= 0.3 is 0 Å². The maximum absolute atomic E-state index is 11.6. The molecule has 0 spiro atoms. The average molecular weight is 305 g/mol. The molecule has 2 N–H and O–H groups in total. The van der Waals surface area contributed by atoms with Gasteiger partial charge < -0.3 is 10.6 Å². The number of hydrogen-bond acceptors (Lipinski definition) is 4. The molecule has 106 valence electrons. The molecule has 0 fully saturated rings. The molecule has 1 aromatic carbocycles. The van der Waals surface area contributed by atoms with Gasteiger partial charge in [0.05, 0.1) is 12.3 Å². The standard InChI is InChI=1S/C12H17ClN2O3S/c1-9(8-19(2,17)18)14-7-12(16)15-11-5-3-10(13)4-6-11/h3-6,9,14H,7-8H2,1-2H3,(H,15,16). The Balaban J connectivity index is 2.38. The summed E-state index contributed by atoms with van der Waals surface area (Å²) in [6.45, 7) is 1.77. The van der Waals surface area contributed by atoms with Crippen LogP contribution in [0, 0.1) is 0 Å². The van der Waals surface area contributed by atoms with Crippen LogP contribution in [0.2, 0.25) is 5.02 Å². The molecule has 0 bridgehead atoms. The number of halogens is 1. The number of hydrogen-bond donors (Lipinski definition) is 2. The van der Waals surface area contributed by atoms with Crippen molar-refractivity contribution in [3.05, 3.63) is 29.3 Å². The van der Waals surface area contributed by atoms with Gasteiger partial charge in [-0.2, -0.15) is 0 Å².